The van der Waals surface area contributed by atoms with Gasteiger partial charge in [0, 0.05) is 32.4 Å². The minimum Gasteiger partial charge on any atom is -0.299 e. The number of ketones is 1. The van der Waals surface area contributed by atoms with Gasteiger partial charge in [0.2, 0.25) is 0 Å². The largest absolute Gasteiger partial charge is 0.311 e. The van der Waals surface area contributed by atoms with E-state index in [4.69, 9.17) is 11.6 Å². The van der Waals surface area contributed by atoms with Crippen LogP contribution < -0.4 is 4.87 Å². The second kappa shape index (κ2) is 7.10. The highest BCUT2D eigenvalue weighted by atomic mass is 35.5. The first-order chi connectivity index (χ1) is 11.5. The Hall–Kier alpha value is -1.61. The van der Waals surface area contributed by atoms with Gasteiger partial charge in [-0.25, -0.2) is 4.98 Å². The van der Waals surface area contributed by atoms with Crippen molar-refractivity contribution in [2.24, 2.45) is 0 Å². The molecule has 0 spiro atoms. The van der Waals surface area contributed by atoms with E-state index in [0.29, 0.717) is 48.1 Å². The van der Waals surface area contributed by atoms with Gasteiger partial charge in [0.25, 0.3) is 0 Å². The number of nitrogens with zero attached hydrogens (tertiary/aromatic N) is 4. The van der Waals surface area contributed by atoms with Gasteiger partial charge in [-0.1, -0.05) is 22.9 Å². The van der Waals surface area contributed by atoms with E-state index in [1.807, 2.05) is 9.80 Å². The minimum atomic E-state index is -0.689. The molecule has 0 amide bonds. The number of halogens is 1. The van der Waals surface area contributed by atoms with Crippen LogP contribution in [0.5, 0.6) is 0 Å². The van der Waals surface area contributed by atoms with Crippen molar-refractivity contribution in [3.63, 3.8) is 0 Å². The summed E-state index contributed by atoms with van der Waals surface area (Å²) in [7, 11) is 0. The molecule has 1 saturated heterocycles. The second-order valence-corrected chi connectivity index (χ2v) is 7.16. The number of aldehydes is 1. The molecular weight excluding hydrogens is 352 g/mol. The fraction of sp³-hybridized carbons (Fsp3) is 0.467. The van der Waals surface area contributed by atoms with Crippen LogP contribution in [0.4, 0.5) is 0 Å². The second-order valence-electron chi connectivity index (χ2n) is 5.78. The predicted molar refractivity (Wildman–Crippen MR) is 92.7 cm³/mol. The molecule has 1 fully saturated rings. The van der Waals surface area contributed by atoms with E-state index in [0.717, 1.165) is 17.6 Å². The van der Waals surface area contributed by atoms with Gasteiger partial charge in [-0.2, -0.15) is 0 Å². The molecule has 2 aromatic heterocycles. The van der Waals surface area contributed by atoms with Crippen molar-refractivity contribution >= 4 is 45.4 Å². The van der Waals surface area contributed by atoms with Crippen molar-refractivity contribution in [3.05, 3.63) is 27.0 Å². The van der Waals surface area contributed by atoms with Crippen LogP contribution in [0.3, 0.4) is 0 Å². The third-order valence-electron chi connectivity index (χ3n) is 4.05. The normalized spacial score (nSPS) is 17.9. The van der Waals surface area contributed by atoms with Crippen LogP contribution in [0.2, 0.25) is 5.02 Å². The molecule has 0 aromatic carbocycles. The third-order valence-corrected chi connectivity index (χ3v) is 5.14. The number of hydrogen-bond donors (Lipinski definition) is 0. The van der Waals surface area contributed by atoms with Crippen LogP contribution in [-0.4, -0.2) is 64.1 Å². The van der Waals surface area contributed by atoms with Crippen LogP contribution in [0.15, 0.2) is 17.1 Å². The van der Waals surface area contributed by atoms with E-state index in [9.17, 15) is 14.4 Å². The lowest BCUT2D eigenvalue weighted by Crippen LogP contribution is -2.51. The number of Topliss-reactive ketones (excluding diaryl/α,β-unsaturated/α-hetero) is 1. The Morgan fingerprint density at radius 1 is 1.42 bits per heavy atom. The molecule has 3 heterocycles. The predicted octanol–water partition coefficient (Wildman–Crippen LogP) is 1.02. The molecule has 7 nitrogen and oxygen atoms in total. The highest BCUT2D eigenvalue weighted by Gasteiger charge is 2.27. The zero-order valence-corrected chi connectivity index (χ0v) is 14.7. The Kier molecular flexibility index (Phi) is 5.09. The molecule has 3 rings (SSSR count). The van der Waals surface area contributed by atoms with Gasteiger partial charge >= 0.3 is 4.87 Å². The van der Waals surface area contributed by atoms with Gasteiger partial charge in [0.05, 0.1) is 17.1 Å². The topological polar surface area (TPSA) is 75.5 Å². The first-order valence-electron chi connectivity index (χ1n) is 7.57. The number of rotatable bonds is 5. The van der Waals surface area contributed by atoms with Gasteiger partial charge in [-0.3, -0.25) is 28.8 Å². The van der Waals surface area contributed by atoms with Crippen LogP contribution in [0.25, 0.3) is 10.3 Å². The number of carbonyl (C=O) groups excluding carboxylic acids is 2. The van der Waals surface area contributed by atoms with Gasteiger partial charge in [-0.05, 0) is 13.0 Å². The van der Waals surface area contributed by atoms with Crippen molar-refractivity contribution in [2.75, 3.05) is 32.7 Å². The van der Waals surface area contributed by atoms with E-state index >= 15 is 0 Å². The number of pyridine rings is 1. The lowest BCUT2D eigenvalue weighted by Gasteiger charge is -2.37. The molecule has 0 aliphatic carbocycles. The summed E-state index contributed by atoms with van der Waals surface area (Å²) in [6.45, 7) is 4.55. The Labute approximate surface area is 147 Å². The molecule has 0 bridgehead atoms. The lowest BCUT2D eigenvalue weighted by atomic mass is 10.2. The number of carbonyl (C=O) groups is 2. The van der Waals surface area contributed by atoms with Crippen LogP contribution in [0, 0.1) is 0 Å². The molecule has 1 aliphatic heterocycles. The summed E-state index contributed by atoms with van der Waals surface area (Å²) < 4.78 is 1.45. The third kappa shape index (κ3) is 3.41. The highest BCUT2D eigenvalue weighted by Crippen LogP contribution is 2.23. The molecule has 1 aliphatic rings. The van der Waals surface area contributed by atoms with Gasteiger partial charge in [0.1, 0.15) is 16.8 Å². The summed E-state index contributed by atoms with van der Waals surface area (Å²) in [5.41, 5.74) is 0.570. The molecule has 0 radical (unpaired) electrons. The molecule has 2 aromatic rings. The summed E-state index contributed by atoms with van der Waals surface area (Å²) in [6.07, 6.45) is 1.57. The van der Waals surface area contributed by atoms with Crippen molar-refractivity contribution in [1.29, 1.82) is 0 Å². The monoisotopic (exact) mass is 368 g/mol. The van der Waals surface area contributed by atoms with Crippen LogP contribution in [-0.2, 0) is 9.59 Å². The van der Waals surface area contributed by atoms with Crippen molar-refractivity contribution in [1.82, 2.24) is 19.4 Å². The lowest BCUT2D eigenvalue weighted by molar-refractivity contribution is -0.120. The number of hydrogen-bond acceptors (Lipinski definition) is 7. The van der Waals surface area contributed by atoms with E-state index in [1.165, 1.54) is 10.8 Å². The van der Waals surface area contributed by atoms with Crippen molar-refractivity contribution in [2.45, 2.75) is 13.1 Å². The Balaban J connectivity index is 1.87. The van der Waals surface area contributed by atoms with Gasteiger partial charge < -0.3 is 0 Å². The molecule has 1 atom stereocenters. The van der Waals surface area contributed by atoms with Crippen LogP contribution in [0.1, 0.15) is 13.1 Å². The van der Waals surface area contributed by atoms with Gasteiger partial charge in [-0.15, -0.1) is 0 Å². The molecule has 24 heavy (non-hydrogen) atoms. The van der Waals surface area contributed by atoms with E-state index in [1.54, 1.807) is 13.0 Å². The van der Waals surface area contributed by atoms with Gasteiger partial charge in [0.15, 0.2) is 6.29 Å². The number of aromatic nitrogens is 2. The summed E-state index contributed by atoms with van der Waals surface area (Å²) in [4.78, 5) is 43.8. The average Bonchev–Trinajstić information content (AvgIpc) is 2.85. The first kappa shape index (κ1) is 17.2. The summed E-state index contributed by atoms with van der Waals surface area (Å²) in [5.74, 6) is 0.121. The molecule has 0 saturated carbocycles. The molecule has 9 heteroatoms. The number of piperazine rings is 1. The van der Waals surface area contributed by atoms with E-state index in [-0.39, 0.29) is 10.7 Å². The number of fused-ring (bicyclic) bond motifs is 1. The maximum atomic E-state index is 12.4. The molecular formula is C15H17ClN4O3S. The smallest absolute Gasteiger partial charge is 0.299 e. The summed E-state index contributed by atoms with van der Waals surface area (Å²) >= 11 is 6.99. The highest BCUT2D eigenvalue weighted by molar-refractivity contribution is 7.16. The van der Waals surface area contributed by atoms with E-state index < -0.39 is 6.17 Å². The SMILES string of the molecule is CC(=O)CN1CCN(C(C=O)n2c(=O)sc3ncc(Cl)cc32)CC1. The first-order valence-corrected chi connectivity index (χ1v) is 8.77. The standard InChI is InChI=1S/C15H17ClN4O3S/c1-10(22)8-18-2-4-19(5-3-18)13(9-21)20-12-6-11(16)7-17-14(12)24-15(20)23/h6-7,9,13H,2-5,8H2,1H3. The molecule has 0 N–H and O–H groups in total. The zero-order chi connectivity index (χ0) is 17.3. The summed E-state index contributed by atoms with van der Waals surface area (Å²) in [6, 6.07) is 1.66. The summed E-state index contributed by atoms with van der Waals surface area (Å²) in [5, 5.41) is 0.421. The van der Waals surface area contributed by atoms with Crippen molar-refractivity contribution < 1.29 is 9.59 Å². The maximum Gasteiger partial charge on any atom is 0.311 e. The van der Waals surface area contributed by atoms with E-state index in [2.05, 4.69) is 4.98 Å². The Morgan fingerprint density at radius 2 is 2.12 bits per heavy atom. The molecule has 128 valence electrons. The Bertz CT molecular complexity index is 826. The fourth-order valence-electron chi connectivity index (χ4n) is 2.96. The molecule has 1 unspecified atom stereocenters. The minimum absolute atomic E-state index is 0.121. The van der Waals surface area contributed by atoms with Crippen molar-refractivity contribution in [3.8, 4) is 0 Å². The fourth-order valence-corrected chi connectivity index (χ4v) is 3.95. The average molecular weight is 369 g/mol. The zero-order valence-electron chi connectivity index (χ0n) is 13.1. The maximum absolute atomic E-state index is 12.4. The van der Waals surface area contributed by atoms with Crippen LogP contribution >= 0.6 is 22.9 Å². The quantitative estimate of drug-likeness (QED) is 0.733. The number of thiazole rings is 1. The Morgan fingerprint density at radius 3 is 2.75 bits per heavy atom.